The molecule has 1 aliphatic rings. The van der Waals surface area contributed by atoms with Gasteiger partial charge in [0.2, 0.25) is 0 Å². The Morgan fingerprint density at radius 1 is 1.43 bits per heavy atom. The normalized spacial score (nSPS) is 19.1. The van der Waals surface area contributed by atoms with E-state index in [0.29, 0.717) is 12.3 Å². The van der Waals surface area contributed by atoms with E-state index in [1.54, 1.807) is 0 Å². The van der Waals surface area contributed by atoms with Crippen molar-refractivity contribution in [3.8, 4) is 0 Å². The van der Waals surface area contributed by atoms with Gasteiger partial charge in [-0.2, -0.15) is 0 Å². The molecular formula is C17H18ClF3N4O3. The van der Waals surface area contributed by atoms with E-state index < -0.39 is 35.9 Å². The zero-order chi connectivity index (χ0) is 19.6. The lowest BCUT2D eigenvalue weighted by Crippen LogP contribution is -2.45. The number of nitrogens with zero attached hydrogens (tertiary/aromatic N) is 2. The second-order valence-corrected chi connectivity index (χ2v) is 5.95. The zero-order valence-electron chi connectivity index (χ0n) is 14.7. The molecule has 152 valence electrons. The average Bonchev–Trinajstić information content (AvgIpc) is 3.12. The van der Waals surface area contributed by atoms with Gasteiger partial charge in [-0.25, -0.2) is 18.2 Å². The number of benzene rings is 1. The predicted molar refractivity (Wildman–Crippen MR) is 97.6 cm³/mol. The van der Waals surface area contributed by atoms with E-state index in [9.17, 15) is 18.0 Å². The summed E-state index contributed by atoms with van der Waals surface area (Å²) in [5.74, 6) is -1.32. The molecule has 2 aromatic rings. The number of alkyl halides is 2. The van der Waals surface area contributed by atoms with Gasteiger partial charge in [-0.3, -0.25) is 9.79 Å². The molecule has 0 unspecified atom stereocenters. The second-order valence-electron chi connectivity index (χ2n) is 5.95. The van der Waals surface area contributed by atoms with E-state index in [2.05, 4.69) is 15.3 Å². The third-order valence-electron chi connectivity index (χ3n) is 4.05. The van der Waals surface area contributed by atoms with Crippen LogP contribution in [-0.2, 0) is 16.7 Å². The Bertz CT molecular complexity index is 890. The summed E-state index contributed by atoms with van der Waals surface area (Å²) in [5, 5.41) is 2.48. The lowest BCUT2D eigenvalue weighted by atomic mass is 9.90. The third kappa shape index (κ3) is 4.12. The number of amidine groups is 1. The van der Waals surface area contributed by atoms with Gasteiger partial charge in [0, 0.05) is 17.7 Å². The van der Waals surface area contributed by atoms with Crippen molar-refractivity contribution in [1.29, 1.82) is 0 Å². The Hall–Kier alpha value is -2.59. The van der Waals surface area contributed by atoms with Gasteiger partial charge in [0.25, 0.3) is 12.3 Å². The molecule has 1 aromatic carbocycles. The van der Waals surface area contributed by atoms with Crippen LogP contribution in [0.4, 0.5) is 18.9 Å². The number of rotatable bonds is 5. The van der Waals surface area contributed by atoms with Crippen LogP contribution in [0, 0.1) is 5.82 Å². The van der Waals surface area contributed by atoms with Gasteiger partial charge < -0.3 is 20.2 Å². The molecule has 1 atom stereocenters. The summed E-state index contributed by atoms with van der Waals surface area (Å²) in [5.41, 5.74) is 2.93. The molecule has 3 N–H and O–H groups in total. The highest BCUT2D eigenvalue weighted by Gasteiger charge is 2.46. The zero-order valence-corrected chi connectivity index (χ0v) is 15.6. The summed E-state index contributed by atoms with van der Waals surface area (Å²) >= 11 is 0. The smallest absolute Gasteiger partial charge is 0.277 e. The molecule has 0 saturated carbocycles. The van der Waals surface area contributed by atoms with Crippen molar-refractivity contribution in [3.05, 3.63) is 47.4 Å². The lowest BCUT2D eigenvalue weighted by Gasteiger charge is -2.33. The summed E-state index contributed by atoms with van der Waals surface area (Å²) in [6, 6.07) is 3.30. The summed E-state index contributed by atoms with van der Waals surface area (Å²) in [6.07, 6.45) is -1.39. The highest BCUT2D eigenvalue weighted by atomic mass is 35.5. The van der Waals surface area contributed by atoms with Crippen LogP contribution in [0.2, 0.25) is 0 Å². The number of hydrogen-bond acceptors (Lipinski definition) is 6. The number of aryl methyl sites for hydroxylation is 1. The molecule has 1 aromatic heterocycles. The number of aliphatic imine (C=N–C) groups is 1. The number of nitrogens with two attached hydrogens (primary N) is 1. The molecule has 0 spiro atoms. The largest absolute Gasteiger partial charge is 0.448 e. The van der Waals surface area contributed by atoms with E-state index >= 15 is 0 Å². The molecule has 0 saturated heterocycles. The minimum Gasteiger partial charge on any atom is -0.448 e. The summed E-state index contributed by atoms with van der Waals surface area (Å²) in [4.78, 5) is 20.0. The Morgan fingerprint density at radius 3 is 2.79 bits per heavy atom. The number of nitrogens with one attached hydrogen (secondary N) is 1. The van der Waals surface area contributed by atoms with E-state index in [-0.39, 0.29) is 36.2 Å². The Labute approximate surface area is 164 Å². The fraction of sp³-hybridized carbons (Fsp3) is 0.353. The van der Waals surface area contributed by atoms with Gasteiger partial charge in [-0.15, -0.1) is 12.4 Å². The molecule has 11 heteroatoms. The van der Waals surface area contributed by atoms with Crippen LogP contribution in [0.5, 0.6) is 0 Å². The number of anilines is 1. The van der Waals surface area contributed by atoms with Crippen LogP contribution < -0.4 is 11.1 Å². The average molecular weight is 419 g/mol. The number of oxazole rings is 1. The van der Waals surface area contributed by atoms with Crippen molar-refractivity contribution in [1.82, 2.24) is 4.98 Å². The number of halogens is 4. The lowest BCUT2D eigenvalue weighted by molar-refractivity contribution is -0.0145. The highest BCUT2D eigenvalue weighted by molar-refractivity contribution is 6.02. The quantitative estimate of drug-likeness (QED) is 0.777. The molecule has 0 fully saturated rings. The summed E-state index contributed by atoms with van der Waals surface area (Å²) in [6.45, 7) is 1.16. The van der Waals surface area contributed by atoms with Gasteiger partial charge in [0.05, 0.1) is 6.61 Å². The molecule has 3 rings (SSSR count). The first-order chi connectivity index (χ1) is 12.9. The molecule has 1 aliphatic heterocycles. The van der Waals surface area contributed by atoms with Crippen LogP contribution in [0.15, 0.2) is 33.9 Å². The number of carbonyl (C=O) groups excluding carboxylic acids is 1. The fourth-order valence-corrected chi connectivity index (χ4v) is 2.71. The minimum absolute atomic E-state index is 0. The van der Waals surface area contributed by atoms with Crippen molar-refractivity contribution >= 4 is 29.8 Å². The number of aromatic nitrogens is 1. The van der Waals surface area contributed by atoms with Crippen molar-refractivity contribution < 1.29 is 27.1 Å². The van der Waals surface area contributed by atoms with Crippen molar-refractivity contribution in [2.75, 3.05) is 18.5 Å². The van der Waals surface area contributed by atoms with Gasteiger partial charge in [0.1, 0.15) is 24.5 Å². The monoisotopic (exact) mass is 418 g/mol. The number of amides is 1. The Kier molecular flexibility index (Phi) is 6.68. The molecule has 0 radical (unpaired) electrons. The fourth-order valence-electron chi connectivity index (χ4n) is 2.71. The highest BCUT2D eigenvalue weighted by Crippen LogP contribution is 2.38. The van der Waals surface area contributed by atoms with E-state index in [1.165, 1.54) is 12.3 Å². The maximum atomic E-state index is 14.4. The first kappa shape index (κ1) is 21.7. The van der Waals surface area contributed by atoms with Crippen molar-refractivity contribution in [2.45, 2.75) is 25.3 Å². The van der Waals surface area contributed by atoms with E-state index in [4.69, 9.17) is 14.9 Å². The molecule has 1 amide bonds. The standard InChI is InChI=1S/C17H17F3N4O3.ClH/c1-2-14-23-12(6-27-14)15(25)22-9-3-4-11(18)10(5-9)17(16(19)20)8-26-7-13(21)24-17;/h3-6,16H,2,7-8H2,1H3,(H2,21,24)(H,22,25);1H/t17-;/m0./s1. The SMILES string of the molecule is CCc1nc(C(=O)Nc2ccc(F)c([C@]3(C(F)F)COCC(N)=N3)c2)co1.Cl. The molecule has 0 aliphatic carbocycles. The summed E-state index contributed by atoms with van der Waals surface area (Å²) < 4.78 is 52.1. The first-order valence-corrected chi connectivity index (χ1v) is 8.11. The molecule has 0 bridgehead atoms. The second kappa shape index (κ2) is 8.61. The molecular weight excluding hydrogens is 401 g/mol. The predicted octanol–water partition coefficient (Wildman–Crippen LogP) is 2.90. The molecule has 7 nitrogen and oxygen atoms in total. The van der Waals surface area contributed by atoms with Crippen LogP contribution in [-0.4, -0.2) is 36.4 Å². The van der Waals surface area contributed by atoms with Crippen molar-refractivity contribution in [3.63, 3.8) is 0 Å². The Balaban J connectivity index is 0.00000280. The molecule has 28 heavy (non-hydrogen) atoms. The van der Waals surface area contributed by atoms with Crippen molar-refractivity contribution in [2.24, 2.45) is 10.7 Å². The number of ether oxygens (including phenoxy) is 1. The van der Waals surface area contributed by atoms with Gasteiger partial charge in [0.15, 0.2) is 17.1 Å². The number of hydrogen-bond donors (Lipinski definition) is 2. The van der Waals surface area contributed by atoms with Gasteiger partial charge in [-0.1, -0.05) is 6.92 Å². The topological polar surface area (TPSA) is 103 Å². The maximum Gasteiger partial charge on any atom is 0.277 e. The van der Waals surface area contributed by atoms with Crippen LogP contribution >= 0.6 is 12.4 Å². The number of carbonyl (C=O) groups is 1. The van der Waals surface area contributed by atoms with Crippen LogP contribution in [0.1, 0.15) is 28.9 Å². The third-order valence-corrected chi connectivity index (χ3v) is 4.05. The minimum atomic E-state index is -3.07. The van der Waals surface area contributed by atoms with Crippen LogP contribution in [0.3, 0.4) is 0 Å². The van der Waals surface area contributed by atoms with Gasteiger partial charge in [-0.05, 0) is 18.2 Å². The first-order valence-electron chi connectivity index (χ1n) is 8.11. The summed E-state index contributed by atoms with van der Waals surface area (Å²) in [7, 11) is 0. The maximum absolute atomic E-state index is 14.4. The van der Waals surface area contributed by atoms with Gasteiger partial charge >= 0.3 is 0 Å². The van der Waals surface area contributed by atoms with Crippen LogP contribution in [0.25, 0.3) is 0 Å². The van der Waals surface area contributed by atoms with E-state index in [1.807, 2.05) is 6.92 Å². The molecule has 2 heterocycles. The Morgan fingerprint density at radius 2 is 2.18 bits per heavy atom. The van der Waals surface area contributed by atoms with E-state index in [0.717, 1.165) is 12.1 Å².